The van der Waals surface area contributed by atoms with Gasteiger partial charge in [0, 0.05) is 12.0 Å². The summed E-state index contributed by atoms with van der Waals surface area (Å²) >= 11 is 0. The summed E-state index contributed by atoms with van der Waals surface area (Å²) in [6, 6.07) is 14.2. The molecule has 1 heterocycles. The zero-order valence-electron chi connectivity index (χ0n) is 12.9. The van der Waals surface area contributed by atoms with Crippen molar-refractivity contribution in [2.24, 2.45) is 0 Å². The largest absolute Gasteiger partial charge is 0.493 e. The van der Waals surface area contributed by atoms with Crippen LogP contribution in [0.1, 0.15) is 49.1 Å². The van der Waals surface area contributed by atoms with E-state index in [9.17, 15) is 5.11 Å². The molecular weight excluding hydrogens is 260 g/mol. The van der Waals surface area contributed by atoms with Gasteiger partial charge in [0.15, 0.2) is 0 Å². The first kappa shape index (κ1) is 14.2. The number of hydrogen-bond donors (Lipinski definition) is 1. The second kappa shape index (κ2) is 5.19. The molecule has 2 nitrogen and oxygen atoms in total. The van der Waals surface area contributed by atoms with Crippen LogP contribution < -0.4 is 4.74 Å². The van der Waals surface area contributed by atoms with E-state index in [-0.39, 0.29) is 5.41 Å². The maximum atomic E-state index is 10.7. The number of aliphatic hydroxyl groups is 1. The van der Waals surface area contributed by atoms with Crippen molar-refractivity contribution >= 4 is 0 Å². The molecule has 1 aliphatic rings. The number of hydrogen-bond acceptors (Lipinski definition) is 2. The van der Waals surface area contributed by atoms with Crippen LogP contribution in [0.3, 0.4) is 0 Å². The highest BCUT2D eigenvalue weighted by Crippen LogP contribution is 2.36. The van der Waals surface area contributed by atoms with E-state index in [1.807, 2.05) is 24.3 Å². The standard InChI is InChI=1S/C19H22O2/c1-19(2,3)15-9-7-13(8-10-15)17(20)16-6-4-5-14-11-12-21-18(14)16/h4-10,17,20H,11-12H2,1-3H3. The van der Waals surface area contributed by atoms with Crippen LogP contribution in [-0.2, 0) is 11.8 Å². The Morgan fingerprint density at radius 1 is 1.05 bits per heavy atom. The number of benzene rings is 2. The van der Waals surface area contributed by atoms with E-state index in [1.165, 1.54) is 11.1 Å². The fourth-order valence-corrected chi connectivity index (χ4v) is 2.80. The highest BCUT2D eigenvalue weighted by atomic mass is 16.5. The van der Waals surface area contributed by atoms with Crippen molar-refractivity contribution < 1.29 is 9.84 Å². The van der Waals surface area contributed by atoms with E-state index in [1.54, 1.807) is 0 Å². The van der Waals surface area contributed by atoms with Crippen LogP contribution in [-0.4, -0.2) is 11.7 Å². The maximum Gasteiger partial charge on any atom is 0.128 e. The van der Waals surface area contributed by atoms with E-state index in [0.717, 1.165) is 23.3 Å². The van der Waals surface area contributed by atoms with Gasteiger partial charge in [0.25, 0.3) is 0 Å². The topological polar surface area (TPSA) is 29.5 Å². The quantitative estimate of drug-likeness (QED) is 0.902. The molecule has 1 atom stereocenters. The van der Waals surface area contributed by atoms with E-state index in [4.69, 9.17) is 4.74 Å². The van der Waals surface area contributed by atoms with Crippen LogP contribution >= 0.6 is 0 Å². The fraction of sp³-hybridized carbons (Fsp3) is 0.368. The molecular formula is C19H22O2. The molecule has 0 spiro atoms. The van der Waals surface area contributed by atoms with E-state index in [2.05, 4.69) is 39.0 Å². The molecule has 1 aliphatic heterocycles. The van der Waals surface area contributed by atoms with Crippen LogP contribution in [0.15, 0.2) is 42.5 Å². The summed E-state index contributed by atoms with van der Waals surface area (Å²) in [5.74, 6) is 0.866. The van der Waals surface area contributed by atoms with Gasteiger partial charge < -0.3 is 9.84 Å². The van der Waals surface area contributed by atoms with Gasteiger partial charge in [0.2, 0.25) is 0 Å². The van der Waals surface area contributed by atoms with Gasteiger partial charge in [0.1, 0.15) is 11.9 Å². The highest BCUT2D eigenvalue weighted by molar-refractivity contribution is 5.48. The Hall–Kier alpha value is -1.80. The summed E-state index contributed by atoms with van der Waals surface area (Å²) < 4.78 is 5.69. The van der Waals surface area contributed by atoms with Gasteiger partial charge in [0.05, 0.1) is 6.61 Å². The number of aliphatic hydroxyl groups excluding tert-OH is 1. The van der Waals surface area contributed by atoms with Gasteiger partial charge in [-0.1, -0.05) is 63.2 Å². The lowest BCUT2D eigenvalue weighted by molar-refractivity contribution is 0.213. The summed E-state index contributed by atoms with van der Waals surface area (Å²) in [6.07, 6.45) is 0.297. The molecule has 0 saturated heterocycles. The first-order chi connectivity index (χ1) is 9.97. The lowest BCUT2D eigenvalue weighted by Gasteiger charge is -2.20. The van der Waals surface area contributed by atoms with E-state index >= 15 is 0 Å². The molecule has 110 valence electrons. The van der Waals surface area contributed by atoms with Crippen LogP contribution in [0.25, 0.3) is 0 Å². The molecule has 0 bridgehead atoms. The Morgan fingerprint density at radius 3 is 2.43 bits per heavy atom. The van der Waals surface area contributed by atoms with Crippen LogP contribution in [0.4, 0.5) is 0 Å². The first-order valence-electron chi connectivity index (χ1n) is 7.50. The van der Waals surface area contributed by atoms with Gasteiger partial charge >= 0.3 is 0 Å². The number of para-hydroxylation sites is 1. The normalized spacial score (nSPS) is 15.4. The molecule has 2 aromatic rings. The van der Waals surface area contributed by atoms with Gasteiger partial charge in [-0.05, 0) is 22.1 Å². The number of fused-ring (bicyclic) bond motifs is 1. The summed E-state index contributed by atoms with van der Waals surface area (Å²) in [5, 5.41) is 10.7. The smallest absolute Gasteiger partial charge is 0.128 e. The predicted molar refractivity (Wildman–Crippen MR) is 84.8 cm³/mol. The summed E-state index contributed by atoms with van der Waals surface area (Å²) in [4.78, 5) is 0. The third-order valence-corrected chi connectivity index (χ3v) is 4.13. The fourth-order valence-electron chi connectivity index (χ4n) is 2.80. The Morgan fingerprint density at radius 2 is 1.76 bits per heavy atom. The van der Waals surface area contributed by atoms with Crippen molar-refractivity contribution in [3.05, 3.63) is 64.7 Å². The molecule has 0 aromatic heterocycles. The van der Waals surface area contributed by atoms with Gasteiger partial charge in [-0.2, -0.15) is 0 Å². The van der Waals surface area contributed by atoms with Crippen molar-refractivity contribution in [2.45, 2.75) is 38.7 Å². The Bertz CT molecular complexity index is 636. The minimum Gasteiger partial charge on any atom is -0.493 e. The Kier molecular flexibility index (Phi) is 3.50. The molecule has 0 radical (unpaired) electrons. The zero-order valence-corrected chi connectivity index (χ0v) is 12.9. The highest BCUT2D eigenvalue weighted by Gasteiger charge is 2.22. The van der Waals surface area contributed by atoms with Gasteiger partial charge in [-0.25, -0.2) is 0 Å². The zero-order chi connectivity index (χ0) is 15.0. The maximum absolute atomic E-state index is 10.7. The predicted octanol–water partition coefficient (Wildman–Crippen LogP) is 4.00. The summed E-state index contributed by atoms with van der Waals surface area (Å²) in [6.45, 7) is 7.28. The van der Waals surface area contributed by atoms with Crippen molar-refractivity contribution in [1.82, 2.24) is 0 Å². The average molecular weight is 282 g/mol. The second-order valence-corrected chi connectivity index (χ2v) is 6.71. The first-order valence-corrected chi connectivity index (χ1v) is 7.50. The van der Waals surface area contributed by atoms with Crippen LogP contribution in [0, 0.1) is 0 Å². The SMILES string of the molecule is CC(C)(C)c1ccc(C(O)c2cccc3c2OCC3)cc1. The average Bonchev–Trinajstić information content (AvgIpc) is 2.94. The van der Waals surface area contributed by atoms with E-state index < -0.39 is 6.10 Å². The molecule has 0 amide bonds. The number of rotatable bonds is 2. The molecule has 0 saturated carbocycles. The molecule has 2 heteroatoms. The van der Waals surface area contributed by atoms with Crippen molar-refractivity contribution in [3.8, 4) is 5.75 Å². The molecule has 0 fully saturated rings. The second-order valence-electron chi connectivity index (χ2n) is 6.71. The van der Waals surface area contributed by atoms with Gasteiger partial charge in [-0.3, -0.25) is 0 Å². The lowest BCUT2D eigenvalue weighted by Crippen LogP contribution is -2.11. The summed E-state index contributed by atoms with van der Waals surface area (Å²) in [7, 11) is 0. The Labute approximate surface area is 126 Å². The number of ether oxygens (including phenoxy) is 1. The summed E-state index contributed by atoms with van der Waals surface area (Å²) in [5.41, 5.74) is 4.37. The molecule has 1 N–H and O–H groups in total. The molecule has 2 aromatic carbocycles. The monoisotopic (exact) mass is 282 g/mol. The van der Waals surface area contributed by atoms with Crippen LogP contribution in [0.2, 0.25) is 0 Å². The third kappa shape index (κ3) is 2.68. The van der Waals surface area contributed by atoms with Crippen LogP contribution in [0.5, 0.6) is 5.75 Å². The third-order valence-electron chi connectivity index (χ3n) is 4.13. The Balaban J connectivity index is 1.93. The minimum atomic E-state index is -0.632. The molecule has 3 rings (SSSR count). The lowest BCUT2D eigenvalue weighted by atomic mass is 9.86. The van der Waals surface area contributed by atoms with Crippen molar-refractivity contribution in [3.63, 3.8) is 0 Å². The molecule has 1 unspecified atom stereocenters. The van der Waals surface area contributed by atoms with Crippen molar-refractivity contribution in [2.75, 3.05) is 6.61 Å². The van der Waals surface area contributed by atoms with E-state index in [0.29, 0.717) is 6.61 Å². The molecule has 0 aliphatic carbocycles. The molecule has 21 heavy (non-hydrogen) atoms. The minimum absolute atomic E-state index is 0.126. The van der Waals surface area contributed by atoms with Crippen molar-refractivity contribution in [1.29, 1.82) is 0 Å². The van der Waals surface area contributed by atoms with Gasteiger partial charge in [-0.15, -0.1) is 0 Å².